The Kier molecular flexibility index (Phi) is 3.55. The molecular weight excluding hydrogens is 215 g/mol. The first-order valence-corrected chi connectivity index (χ1v) is 5.40. The molecular formula is C15H13FO. The van der Waals surface area contributed by atoms with E-state index in [2.05, 4.69) is 6.58 Å². The van der Waals surface area contributed by atoms with Crippen LogP contribution in [0.25, 0.3) is 11.1 Å². The van der Waals surface area contributed by atoms with Crippen LogP contribution in [0, 0.1) is 5.82 Å². The molecule has 0 N–H and O–H groups in total. The molecule has 0 heterocycles. The molecule has 0 aliphatic carbocycles. The van der Waals surface area contributed by atoms with Gasteiger partial charge in [0.25, 0.3) is 0 Å². The maximum Gasteiger partial charge on any atom is 0.131 e. The van der Waals surface area contributed by atoms with Gasteiger partial charge in [0.15, 0.2) is 0 Å². The van der Waals surface area contributed by atoms with E-state index in [1.807, 2.05) is 30.3 Å². The van der Waals surface area contributed by atoms with Crippen molar-refractivity contribution < 1.29 is 9.13 Å². The molecule has 0 saturated carbocycles. The molecule has 0 saturated heterocycles. The smallest absolute Gasteiger partial charge is 0.131 e. The van der Waals surface area contributed by atoms with E-state index < -0.39 is 0 Å². The summed E-state index contributed by atoms with van der Waals surface area (Å²) in [5.74, 6) is 0.396. The summed E-state index contributed by atoms with van der Waals surface area (Å²) in [5.41, 5.74) is 1.39. The molecule has 0 aliphatic rings. The second kappa shape index (κ2) is 5.30. The fourth-order valence-corrected chi connectivity index (χ4v) is 1.59. The van der Waals surface area contributed by atoms with Gasteiger partial charge in [-0.25, -0.2) is 4.39 Å². The predicted octanol–water partition coefficient (Wildman–Crippen LogP) is 4.06. The van der Waals surface area contributed by atoms with Crippen LogP contribution in [0.1, 0.15) is 0 Å². The van der Waals surface area contributed by atoms with Crippen LogP contribution in [-0.2, 0) is 0 Å². The number of hydrogen-bond donors (Lipinski definition) is 0. The number of benzene rings is 2. The molecule has 0 aromatic heterocycles. The third-order valence-corrected chi connectivity index (χ3v) is 2.39. The molecule has 2 aromatic rings. The summed E-state index contributed by atoms with van der Waals surface area (Å²) in [6, 6.07) is 14.1. The summed E-state index contributed by atoms with van der Waals surface area (Å²) in [7, 11) is 0. The maximum absolute atomic E-state index is 13.7. The molecule has 0 bridgehead atoms. The normalized spacial score (nSPS) is 9.94. The van der Waals surface area contributed by atoms with Crippen molar-refractivity contribution in [3.05, 3.63) is 67.0 Å². The molecule has 0 fully saturated rings. The van der Waals surface area contributed by atoms with Gasteiger partial charge >= 0.3 is 0 Å². The Balaban J connectivity index is 2.36. The van der Waals surface area contributed by atoms with Crippen LogP contribution in [-0.4, -0.2) is 6.61 Å². The SMILES string of the molecule is C=CCOc1ccc(F)c(-c2ccccc2)c1. The molecule has 1 nitrogen and oxygen atoms in total. The first-order chi connectivity index (χ1) is 8.31. The zero-order valence-corrected chi connectivity index (χ0v) is 9.40. The zero-order chi connectivity index (χ0) is 12.1. The van der Waals surface area contributed by atoms with Gasteiger partial charge in [0.1, 0.15) is 18.2 Å². The number of hydrogen-bond acceptors (Lipinski definition) is 1. The van der Waals surface area contributed by atoms with E-state index in [0.717, 1.165) is 5.56 Å². The highest BCUT2D eigenvalue weighted by Gasteiger charge is 2.06. The second-order valence-electron chi connectivity index (χ2n) is 3.61. The molecule has 2 aromatic carbocycles. The largest absolute Gasteiger partial charge is 0.490 e. The fraction of sp³-hybridized carbons (Fsp3) is 0.0667. The Bertz CT molecular complexity index is 506. The van der Waals surface area contributed by atoms with E-state index >= 15 is 0 Å². The summed E-state index contributed by atoms with van der Waals surface area (Å²) in [5, 5.41) is 0. The van der Waals surface area contributed by atoms with E-state index in [9.17, 15) is 4.39 Å². The minimum absolute atomic E-state index is 0.248. The number of rotatable bonds is 4. The minimum atomic E-state index is -0.248. The van der Waals surface area contributed by atoms with Gasteiger partial charge in [-0.15, -0.1) is 0 Å². The van der Waals surface area contributed by atoms with Crippen LogP contribution >= 0.6 is 0 Å². The molecule has 0 unspecified atom stereocenters. The van der Waals surface area contributed by atoms with Crippen molar-refractivity contribution in [2.24, 2.45) is 0 Å². The average Bonchev–Trinajstić information content (AvgIpc) is 2.39. The fourth-order valence-electron chi connectivity index (χ4n) is 1.59. The molecule has 17 heavy (non-hydrogen) atoms. The van der Waals surface area contributed by atoms with Crippen molar-refractivity contribution >= 4 is 0 Å². The van der Waals surface area contributed by atoms with Gasteiger partial charge in [0, 0.05) is 5.56 Å². The lowest BCUT2D eigenvalue weighted by atomic mass is 10.1. The van der Waals surface area contributed by atoms with Crippen molar-refractivity contribution in [2.45, 2.75) is 0 Å². The van der Waals surface area contributed by atoms with Crippen molar-refractivity contribution in [1.82, 2.24) is 0 Å². The third kappa shape index (κ3) is 2.72. The van der Waals surface area contributed by atoms with E-state index in [4.69, 9.17) is 4.74 Å². The Labute approximate surface area is 100 Å². The first-order valence-electron chi connectivity index (χ1n) is 5.40. The minimum Gasteiger partial charge on any atom is -0.490 e. The van der Waals surface area contributed by atoms with Crippen LogP contribution < -0.4 is 4.74 Å². The Morgan fingerprint density at radius 3 is 2.59 bits per heavy atom. The molecule has 2 heteroatoms. The van der Waals surface area contributed by atoms with Crippen LogP contribution in [0.3, 0.4) is 0 Å². The molecule has 0 radical (unpaired) electrons. The van der Waals surface area contributed by atoms with Crippen molar-refractivity contribution in [3.8, 4) is 16.9 Å². The number of halogens is 1. The van der Waals surface area contributed by atoms with Gasteiger partial charge in [0.05, 0.1) is 0 Å². The zero-order valence-electron chi connectivity index (χ0n) is 9.40. The average molecular weight is 228 g/mol. The van der Waals surface area contributed by atoms with E-state index in [1.54, 1.807) is 18.2 Å². The van der Waals surface area contributed by atoms with Gasteiger partial charge in [-0.1, -0.05) is 43.0 Å². The lowest BCUT2D eigenvalue weighted by Gasteiger charge is -2.07. The summed E-state index contributed by atoms with van der Waals surface area (Å²) < 4.78 is 19.1. The quantitative estimate of drug-likeness (QED) is 0.717. The van der Waals surface area contributed by atoms with Crippen LogP contribution in [0.2, 0.25) is 0 Å². The molecule has 0 spiro atoms. The molecule has 0 atom stereocenters. The lowest BCUT2D eigenvalue weighted by molar-refractivity contribution is 0.363. The van der Waals surface area contributed by atoms with Crippen LogP contribution in [0.4, 0.5) is 4.39 Å². The van der Waals surface area contributed by atoms with Crippen LogP contribution in [0.15, 0.2) is 61.2 Å². The highest BCUT2D eigenvalue weighted by Crippen LogP contribution is 2.26. The van der Waals surface area contributed by atoms with E-state index in [-0.39, 0.29) is 5.82 Å². The van der Waals surface area contributed by atoms with Gasteiger partial charge in [-0.05, 0) is 23.8 Å². The maximum atomic E-state index is 13.7. The monoisotopic (exact) mass is 228 g/mol. The highest BCUT2D eigenvalue weighted by atomic mass is 19.1. The molecule has 0 aliphatic heterocycles. The third-order valence-electron chi connectivity index (χ3n) is 2.39. The summed E-state index contributed by atoms with van der Waals surface area (Å²) >= 11 is 0. The predicted molar refractivity (Wildman–Crippen MR) is 67.5 cm³/mol. The molecule has 2 rings (SSSR count). The summed E-state index contributed by atoms with van der Waals surface area (Å²) in [4.78, 5) is 0. The summed E-state index contributed by atoms with van der Waals surface area (Å²) in [6.07, 6.45) is 1.66. The van der Waals surface area contributed by atoms with Crippen molar-refractivity contribution in [2.75, 3.05) is 6.61 Å². The Morgan fingerprint density at radius 2 is 1.88 bits per heavy atom. The van der Waals surface area contributed by atoms with Gasteiger partial charge < -0.3 is 4.74 Å². The second-order valence-corrected chi connectivity index (χ2v) is 3.61. The van der Waals surface area contributed by atoms with E-state index in [0.29, 0.717) is 17.9 Å². The van der Waals surface area contributed by atoms with Crippen LogP contribution in [0.5, 0.6) is 5.75 Å². The lowest BCUT2D eigenvalue weighted by Crippen LogP contribution is -1.94. The van der Waals surface area contributed by atoms with Gasteiger partial charge in [-0.2, -0.15) is 0 Å². The molecule has 0 amide bonds. The highest BCUT2D eigenvalue weighted by molar-refractivity contribution is 5.65. The van der Waals surface area contributed by atoms with Crippen molar-refractivity contribution in [1.29, 1.82) is 0 Å². The topological polar surface area (TPSA) is 9.23 Å². The van der Waals surface area contributed by atoms with Crippen molar-refractivity contribution in [3.63, 3.8) is 0 Å². The Hall–Kier alpha value is -2.09. The number of ether oxygens (including phenoxy) is 1. The Morgan fingerprint density at radius 1 is 1.12 bits per heavy atom. The van der Waals surface area contributed by atoms with Gasteiger partial charge in [0.2, 0.25) is 0 Å². The van der Waals surface area contributed by atoms with E-state index in [1.165, 1.54) is 6.07 Å². The summed E-state index contributed by atoms with van der Waals surface area (Å²) in [6.45, 7) is 3.99. The van der Waals surface area contributed by atoms with Gasteiger partial charge in [-0.3, -0.25) is 0 Å². The standard InChI is InChI=1S/C15H13FO/c1-2-10-17-13-8-9-15(16)14(11-13)12-6-4-3-5-7-12/h2-9,11H,1,10H2. The first kappa shape index (κ1) is 11.4. The molecule has 86 valence electrons.